The van der Waals surface area contributed by atoms with Crippen LogP contribution in [0.25, 0.3) is 5.57 Å². The van der Waals surface area contributed by atoms with Gasteiger partial charge in [-0.3, -0.25) is 0 Å². The summed E-state index contributed by atoms with van der Waals surface area (Å²) in [6, 6.07) is 17.4. The Kier molecular flexibility index (Phi) is 18.0. The summed E-state index contributed by atoms with van der Waals surface area (Å²) in [5.41, 5.74) is 6.63. The number of ketones is 1. The number of carbonyl (C=O) groups is 1. The van der Waals surface area contributed by atoms with Crippen molar-refractivity contribution in [2.75, 3.05) is 0 Å². The number of hydrogen-bond donors (Lipinski definition) is 2. The number of aryl methyl sites for hydroxylation is 2. The molecular weight excluding hydrogens is 446 g/mol. The first-order chi connectivity index (χ1) is 16.7. The van der Waals surface area contributed by atoms with E-state index in [-0.39, 0.29) is 5.78 Å². The second-order valence-corrected chi connectivity index (χ2v) is 8.87. The lowest BCUT2D eigenvalue weighted by atomic mass is 9.92. The minimum atomic E-state index is 0.167. The molecule has 1 aliphatic rings. The summed E-state index contributed by atoms with van der Waals surface area (Å²) in [7, 11) is 0. The van der Waals surface area contributed by atoms with Gasteiger partial charge < -0.3 is 10.1 Å². The second kappa shape index (κ2) is 19.5. The summed E-state index contributed by atoms with van der Waals surface area (Å²) >= 11 is 4.13. The van der Waals surface area contributed by atoms with Gasteiger partial charge in [-0.1, -0.05) is 85.7 Å². The first-order valence-corrected chi connectivity index (χ1v) is 12.9. The van der Waals surface area contributed by atoms with E-state index in [1.54, 1.807) is 0 Å². The zero-order valence-electron chi connectivity index (χ0n) is 22.9. The highest BCUT2D eigenvalue weighted by molar-refractivity contribution is 7.80. The lowest BCUT2D eigenvalue weighted by Crippen LogP contribution is -2.20. The van der Waals surface area contributed by atoms with E-state index in [1.807, 2.05) is 44.3 Å². The maximum absolute atomic E-state index is 9.44. The number of hydrogen-bond acceptors (Lipinski definition) is 3. The van der Waals surface area contributed by atoms with Crippen molar-refractivity contribution in [3.8, 4) is 0 Å². The number of thiol groups is 1. The van der Waals surface area contributed by atoms with Crippen molar-refractivity contribution in [2.45, 2.75) is 79.2 Å². The van der Waals surface area contributed by atoms with E-state index in [0.29, 0.717) is 6.04 Å². The fourth-order valence-electron chi connectivity index (χ4n) is 3.09. The highest BCUT2D eigenvalue weighted by Crippen LogP contribution is 2.27. The third-order valence-electron chi connectivity index (χ3n) is 4.87. The molecule has 2 aromatic rings. The molecule has 0 unspecified atom stereocenters. The summed E-state index contributed by atoms with van der Waals surface area (Å²) in [6.07, 6.45) is 15.0. The maximum atomic E-state index is 9.44. The Morgan fingerprint density at radius 1 is 0.914 bits per heavy atom. The fraction of sp³-hybridized carbons (Fsp3) is 0.344. The molecule has 0 amide bonds. The molecule has 35 heavy (non-hydrogen) atoms. The van der Waals surface area contributed by atoms with Crippen LogP contribution >= 0.6 is 12.6 Å². The van der Waals surface area contributed by atoms with Crippen LogP contribution in [0.4, 0.5) is 0 Å². The summed E-state index contributed by atoms with van der Waals surface area (Å²) in [6.45, 7) is 15.6. The van der Waals surface area contributed by atoms with Crippen molar-refractivity contribution in [3.05, 3.63) is 107 Å². The Morgan fingerprint density at radius 3 is 1.91 bits per heavy atom. The van der Waals surface area contributed by atoms with Crippen LogP contribution in [0.2, 0.25) is 0 Å². The smallest absolute Gasteiger partial charge is 0.126 e. The quantitative estimate of drug-likeness (QED) is 0.410. The van der Waals surface area contributed by atoms with Crippen LogP contribution < -0.4 is 5.32 Å². The molecule has 0 aliphatic carbocycles. The molecule has 0 aromatic heterocycles. The van der Waals surface area contributed by atoms with Gasteiger partial charge in [-0.15, -0.1) is 12.6 Å². The number of Topliss-reactive ketones (excluding diaryl/α,β-unsaturated/α-hetero) is 1. The van der Waals surface area contributed by atoms with E-state index >= 15 is 0 Å². The average Bonchev–Trinajstić information content (AvgIpc) is 2.84. The van der Waals surface area contributed by atoms with E-state index in [4.69, 9.17) is 0 Å². The SMILES string of the molecule is CC.CC(C)=O.C\C=C(/C1=C\C=C/C=C/N[C@@H](C)CC1)c1ccc(C)cc1.Cc1ccc(S)cc1. The average molecular weight is 492 g/mol. The normalized spacial score (nSPS) is 18.3. The van der Waals surface area contributed by atoms with Gasteiger partial charge in [0.05, 0.1) is 0 Å². The molecule has 190 valence electrons. The Labute approximate surface area is 220 Å². The molecule has 1 N–H and O–H groups in total. The van der Waals surface area contributed by atoms with Gasteiger partial charge in [0.15, 0.2) is 0 Å². The minimum Gasteiger partial charge on any atom is -0.388 e. The third-order valence-corrected chi connectivity index (χ3v) is 5.17. The van der Waals surface area contributed by atoms with Gasteiger partial charge in [0.2, 0.25) is 0 Å². The molecule has 0 saturated carbocycles. The third kappa shape index (κ3) is 15.7. The fourth-order valence-corrected chi connectivity index (χ4v) is 3.24. The van der Waals surface area contributed by atoms with Gasteiger partial charge in [0, 0.05) is 10.9 Å². The molecule has 0 radical (unpaired) electrons. The van der Waals surface area contributed by atoms with Crippen molar-refractivity contribution in [3.63, 3.8) is 0 Å². The van der Waals surface area contributed by atoms with E-state index in [0.717, 1.165) is 17.7 Å². The van der Waals surface area contributed by atoms with Gasteiger partial charge >= 0.3 is 0 Å². The highest BCUT2D eigenvalue weighted by Gasteiger charge is 2.09. The molecule has 2 nitrogen and oxygen atoms in total. The van der Waals surface area contributed by atoms with Gasteiger partial charge in [0.25, 0.3) is 0 Å². The van der Waals surface area contributed by atoms with Crippen molar-refractivity contribution >= 4 is 24.0 Å². The summed E-state index contributed by atoms with van der Waals surface area (Å²) in [5, 5.41) is 3.40. The molecule has 2 aromatic carbocycles. The number of nitrogens with one attached hydrogen (secondary N) is 1. The molecule has 0 fully saturated rings. The second-order valence-electron chi connectivity index (χ2n) is 8.35. The maximum Gasteiger partial charge on any atom is 0.126 e. The van der Waals surface area contributed by atoms with E-state index < -0.39 is 0 Å². The molecule has 0 saturated heterocycles. The molecule has 1 aliphatic heterocycles. The Hall–Kier alpha value is -2.78. The Bertz CT molecular complexity index is 939. The largest absolute Gasteiger partial charge is 0.388 e. The molecule has 3 rings (SSSR count). The first-order valence-electron chi connectivity index (χ1n) is 12.5. The monoisotopic (exact) mass is 491 g/mol. The summed E-state index contributed by atoms with van der Waals surface area (Å²) in [4.78, 5) is 10.5. The minimum absolute atomic E-state index is 0.167. The Balaban J connectivity index is 0.000000678. The van der Waals surface area contributed by atoms with Crippen LogP contribution in [0.15, 0.2) is 95.6 Å². The Morgan fingerprint density at radius 2 is 1.43 bits per heavy atom. The van der Waals surface area contributed by atoms with Crippen LogP contribution in [-0.2, 0) is 4.79 Å². The predicted octanol–water partition coefficient (Wildman–Crippen LogP) is 9.07. The first kappa shape index (κ1) is 32.2. The predicted molar refractivity (Wildman–Crippen MR) is 159 cm³/mol. The van der Waals surface area contributed by atoms with Gasteiger partial charge in [-0.05, 0) is 95.5 Å². The molecule has 1 heterocycles. The van der Waals surface area contributed by atoms with Crippen LogP contribution in [0, 0.1) is 13.8 Å². The highest BCUT2D eigenvalue weighted by atomic mass is 32.1. The van der Waals surface area contributed by atoms with Crippen molar-refractivity contribution in [1.29, 1.82) is 0 Å². The van der Waals surface area contributed by atoms with Crippen LogP contribution in [0.3, 0.4) is 0 Å². The van der Waals surface area contributed by atoms with Crippen molar-refractivity contribution in [1.82, 2.24) is 5.32 Å². The van der Waals surface area contributed by atoms with E-state index in [2.05, 4.69) is 100 Å². The lowest BCUT2D eigenvalue weighted by Gasteiger charge is -2.17. The topological polar surface area (TPSA) is 29.1 Å². The molecule has 1 atom stereocenters. The summed E-state index contributed by atoms with van der Waals surface area (Å²) in [5.74, 6) is 0.167. The van der Waals surface area contributed by atoms with Crippen molar-refractivity contribution in [2.24, 2.45) is 0 Å². The molecule has 0 spiro atoms. The lowest BCUT2D eigenvalue weighted by molar-refractivity contribution is -0.114. The number of allylic oxidation sites excluding steroid dienone is 7. The van der Waals surface area contributed by atoms with Crippen LogP contribution in [0.1, 0.15) is 71.1 Å². The summed E-state index contributed by atoms with van der Waals surface area (Å²) < 4.78 is 0. The zero-order valence-corrected chi connectivity index (χ0v) is 23.8. The van der Waals surface area contributed by atoms with E-state index in [1.165, 1.54) is 41.7 Å². The number of rotatable bonds is 2. The van der Waals surface area contributed by atoms with Crippen molar-refractivity contribution < 1.29 is 4.79 Å². The number of carbonyl (C=O) groups excluding carboxylic acids is 1. The standard InChI is InChI=1S/C20H25N.C7H8S.C3H6O.C2H6/c1-4-20(19-12-9-16(2)10-13-19)18-8-6-5-7-15-21-17(3)11-14-18;1-6-2-4-7(8)5-3-6;1-3(2)4;1-2/h4-10,12-13,15,17,21H,11,14H2,1-3H3;2-5,8H,1H3;1-2H3;1-2H3/b6-5-,15-7+,18-8-,20-4+;;;/t17-;;;/m0.../s1. The zero-order chi connectivity index (χ0) is 26.6. The van der Waals surface area contributed by atoms with Gasteiger partial charge in [0.1, 0.15) is 5.78 Å². The van der Waals surface area contributed by atoms with Crippen LogP contribution in [0.5, 0.6) is 0 Å². The number of benzene rings is 2. The molecule has 3 heteroatoms. The molecule has 0 bridgehead atoms. The van der Waals surface area contributed by atoms with Gasteiger partial charge in [-0.2, -0.15) is 0 Å². The van der Waals surface area contributed by atoms with Crippen LogP contribution in [-0.4, -0.2) is 11.8 Å². The molecular formula is C32H45NOS. The van der Waals surface area contributed by atoms with E-state index in [9.17, 15) is 4.79 Å². The van der Waals surface area contributed by atoms with Gasteiger partial charge in [-0.25, -0.2) is 0 Å².